The fourth-order valence-electron chi connectivity index (χ4n) is 5.03. The van der Waals surface area contributed by atoms with Crippen molar-refractivity contribution < 1.29 is 9.47 Å². The van der Waals surface area contributed by atoms with Crippen LogP contribution in [0.3, 0.4) is 0 Å². The number of hydrogen-bond acceptors (Lipinski definition) is 10. The lowest BCUT2D eigenvalue weighted by Gasteiger charge is -2.31. The lowest BCUT2D eigenvalue weighted by atomic mass is 9.93. The normalized spacial score (nSPS) is 20.1. The van der Waals surface area contributed by atoms with E-state index in [4.69, 9.17) is 14.5 Å². The highest BCUT2D eigenvalue weighted by Crippen LogP contribution is 2.33. The molecule has 38 heavy (non-hydrogen) atoms. The Balaban J connectivity index is 1.15. The largest absolute Gasteiger partial charge is 0.488 e. The van der Waals surface area contributed by atoms with Crippen LogP contribution < -0.4 is 20.3 Å². The molecule has 3 aromatic rings. The van der Waals surface area contributed by atoms with Gasteiger partial charge in [0, 0.05) is 62.6 Å². The van der Waals surface area contributed by atoms with Crippen LogP contribution in [0.1, 0.15) is 38.4 Å². The predicted octanol–water partition coefficient (Wildman–Crippen LogP) is 3.10. The SMILES string of the molecule is CCN(C)CCNCc1nccc(NC2CCC(Oc3cc(N4CCOCC4)cc4nccnc34)CC2)n1. The fourth-order valence-corrected chi connectivity index (χ4v) is 5.03. The van der Waals surface area contributed by atoms with Gasteiger partial charge in [-0.3, -0.25) is 4.98 Å². The van der Waals surface area contributed by atoms with Gasteiger partial charge in [-0.1, -0.05) is 6.92 Å². The van der Waals surface area contributed by atoms with Crippen LogP contribution >= 0.6 is 0 Å². The molecule has 2 fully saturated rings. The number of morpholine rings is 1. The van der Waals surface area contributed by atoms with Gasteiger partial charge in [0.2, 0.25) is 0 Å². The zero-order valence-corrected chi connectivity index (χ0v) is 22.6. The number of hydrogen-bond donors (Lipinski definition) is 2. The quantitative estimate of drug-likeness (QED) is 0.367. The fraction of sp³-hybridized carbons (Fsp3) is 0.571. The van der Waals surface area contributed by atoms with Gasteiger partial charge in [-0.2, -0.15) is 0 Å². The average Bonchev–Trinajstić information content (AvgIpc) is 2.97. The van der Waals surface area contributed by atoms with E-state index in [0.29, 0.717) is 12.6 Å². The lowest BCUT2D eigenvalue weighted by Crippen LogP contribution is -2.36. The van der Waals surface area contributed by atoms with Crippen molar-refractivity contribution in [1.82, 2.24) is 30.2 Å². The second-order valence-electron chi connectivity index (χ2n) is 10.1. The summed E-state index contributed by atoms with van der Waals surface area (Å²) in [5, 5.41) is 7.06. The Labute approximate surface area is 225 Å². The van der Waals surface area contributed by atoms with Gasteiger partial charge >= 0.3 is 0 Å². The molecule has 10 nitrogen and oxygen atoms in total. The van der Waals surface area contributed by atoms with Gasteiger partial charge in [0.15, 0.2) is 0 Å². The van der Waals surface area contributed by atoms with Gasteiger partial charge < -0.3 is 29.9 Å². The van der Waals surface area contributed by atoms with Crippen molar-refractivity contribution in [2.24, 2.45) is 0 Å². The van der Waals surface area contributed by atoms with Crippen LogP contribution in [0.4, 0.5) is 11.5 Å². The molecule has 0 unspecified atom stereocenters. The van der Waals surface area contributed by atoms with Crippen LogP contribution in [0, 0.1) is 0 Å². The second-order valence-corrected chi connectivity index (χ2v) is 10.1. The minimum atomic E-state index is 0.157. The lowest BCUT2D eigenvalue weighted by molar-refractivity contribution is 0.122. The molecule has 1 saturated carbocycles. The molecule has 3 heterocycles. The maximum absolute atomic E-state index is 6.57. The summed E-state index contributed by atoms with van der Waals surface area (Å²) < 4.78 is 12.1. The summed E-state index contributed by atoms with van der Waals surface area (Å²) in [6, 6.07) is 6.57. The highest BCUT2D eigenvalue weighted by molar-refractivity contribution is 5.85. The molecule has 2 N–H and O–H groups in total. The molecule has 10 heteroatoms. The van der Waals surface area contributed by atoms with Crippen LogP contribution in [0.25, 0.3) is 11.0 Å². The Morgan fingerprint density at radius 1 is 1.05 bits per heavy atom. The van der Waals surface area contributed by atoms with Crippen molar-refractivity contribution in [2.75, 3.05) is 63.2 Å². The maximum Gasteiger partial charge on any atom is 0.149 e. The topological polar surface area (TPSA) is 101 Å². The van der Waals surface area contributed by atoms with Crippen molar-refractivity contribution >= 4 is 22.5 Å². The summed E-state index contributed by atoms with van der Waals surface area (Å²) in [7, 11) is 2.13. The van der Waals surface area contributed by atoms with Crippen molar-refractivity contribution in [3.8, 4) is 5.75 Å². The molecule has 0 atom stereocenters. The van der Waals surface area contributed by atoms with E-state index in [-0.39, 0.29) is 6.10 Å². The average molecular weight is 521 g/mol. The van der Waals surface area contributed by atoms with Crippen LogP contribution in [0.2, 0.25) is 0 Å². The highest BCUT2D eigenvalue weighted by atomic mass is 16.5. The van der Waals surface area contributed by atoms with E-state index in [1.807, 2.05) is 12.3 Å². The summed E-state index contributed by atoms with van der Waals surface area (Å²) in [4.78, 5) is 22.9. The number of nitrogens with one attached hydrogen (secondary N) is 2. The summed E-state index contributed by atoms with van der Waals surface area (Å²) in [6.45, 7) is 9.06. The molecular formula is C28H40N8O2. The van der Waals surface area contributed by atoms with Gasteiger partial charge in [-0.25, -0.2) is 15.0 Å². The van der Waals surface area contributed by atoms with Crippen LogP contribution in [-0.2, 0) is 11.3 Å². The van der Waals surface area contributed by atoms with Gasteiger partial charge in [0.05, 0.1) is 31.4 Å². The second kappa shape index (κ2) is 13.1. The minimum Gasteiger partial charge on any atom is -0.488 e. The van der Waals surface area contributed by atoms with Gasteiger partial charge in [-0.05, 0) is 51.4 Å². The van der Waals surface area contributed by atoms with Crippen molar-refractivity contribution in [2.45, 2.75) is 51.3 Å². The van der Waals surface area contributed by atoms with E-state index >= 15 is 0 Å². The zero-order valence-electron chi connectivity index (χ0n) is 22.6. The monoisotopic (exact) mass is 520 g/mol. The summed E-state index contributed by atoms with van der Waals surface area (Å²) >= 11 is 0. The molecule has 2 aromatic heterocycles. The zero-order chi connectivity index (χ0) is 26.2. The Kier molecular flexibility index (Phi) is 9.16. The Morgan fingerprint density at radius 3 is 2.68 bits per heavy atom. The van der Waals surface area contributed by atoms with E-state index < -0.39 is 0 Å². The van der Waals surface area contributed by atoms with E-state index in [2.05, 4.69) is 61.5 Å². The molecule has 5 rings (SSSR count). The van der Waals surface area contributed by atoms with Crippen molar-refractivity contribution in [1.29, 1.82) is 0 Å². The summed E-state index contributed by atoms with van der Waals surface area (Å²) in [6.07, 6.45) is 9.48. The van der Waals surface area contributed by atoms with E-state index in [1.165, 1.54) is 0 Å². The van der Waals surface area contributed by atoms with E-state index in [1.54, 1.807) is 12.4 Å². The Morgan fingerprint density at radius 2 is 1.87 bits per heavy atom. The minimum absolute atomic E-state index is 0.157. The number of ether oxygens (including phenoxy) is 2. The molecule has 1 aliphatic heterocycles. The first kappa shape index (κ1) is 26.5. The third kappa shape index (κ3) is 7.06. The Hall–Kier alpha value is -3.08. The molecule has 1 aromatic carbocycles. The molecule has 0 radical (unpaired) electrons. The van der Waals surface area contributed by atoms with Crippen LogP contribution in [0.5, 0.6) is 5.75 Å². The maximum atomic E-state index is 6.57. The third-order valence-electron chi connectivity index (χ3n) is 7.42. The number of aromatic nitrogens is 4. The standard InChI is InChI=1S/C28H40N8O2/c1-3-35(2)13-12-29-20-27-31-9-8-26(34-27)33-21-4-6-23(7-5-21)38-25-19-22(36-14-16-37-17-15-36)18-24-28(25)32-11-10-30-24/h8-11,18-19,21,23,29H,3-7,12-17,20H2,1-2H3,(H,31,33,34). The number of rotatable bonds is 11. The predicted molar refractivity (Wildman–Crippen MR) is 150 cm³/mol. The van der Waals surface area contributed by atoms with Gasteiger partial charge in [0.1, 0.15) is 22.9 Å². The third-order valence-corrected chi connectivity index (χ3v) is 7.42. The molecule has 0 amide bonds. The van der Waals surface area contributed by atoms with Crippen molar-refractivity contribution in [3.63, 3.8) is 0 Å². The van der Waals surface area contributed by atoms with Crippen molar-refractivity contribution in [3.05, 3.63) is 42.6 Å². The molecule has 204 valence electrons. The molecular weight excluding hydrogens is 480 g/mol. The summed E-state index contributed by atoms with van der Waals surface area (Å²) in [5.74, 6) is 2.54. The highest BCUT2D eigenvalue weighted by Gasteiger charge is 2.24. The first-order chi connectivity index (χ1) is 18.7. The van der Waals surface area contributed by atoms with E-state index in [9.17, 15) is 0 Å². The number of benzene rings is 1. The van der Waals surface area contributed by atoms with E-state index in [0.717, 1.165) is 106 Å². The van der Waals surface area contributed by atoms with Crippen LogP contribution in [0.15, 0.2) is 36.8 Å². The first-order valence-electron chi connectivity index (χ1n) is 13.9. The number of fused-ring (bicyclic) bond motifs is 1. The molecule has 0 bridgehead atoms. The molecule has 1 saturated heterocycles. The summed E-state index contributed by atoms with van der Waals surface area (Å²) in [5.41, 5.74) is 2.82. The smallest absolute Gasteiger partial charge is 0.149 e. The molecule has 1 aliphatic carbocycles. The van der Waals surface area contributed by atoms with Gasteiger partial charge in [-0.15, -0.1) is 0 Å². The molecule has 0 spiro atoms. The van der Waals surface area contributed by atoms with Gasteiger partial charge in [0.25, 0.3) is 0 Å². The number of anilines is 2. The molecule has 2 aliphatic rings. The number of nitrogens with zero attached hydrogens (tertiary/aromatic N) is 6. The number of likely N-dealkylation sites (N-methyl/N-ethyl adjacent to an activating group) is 1. The first-order valence-corrected chi connectivity index (χ1v) is 13.9. The Bertz CT molecular complexity index is 1160. The van der Waals surface area contributed by atoms with Crippen LogP contribution in [-0.4, -0.2) is 90.0 Å².